The lowest BCUT2D eigenvalue weighted by molar-refractivity contribution is 0.00578. The zero-order valence-corrected chi connectivity index (χ0v) is 15.8. The minimum atomic E-state index is -0.370. The lowest BCUT2D eigenvalue weighted by Crippen LogP contribution is -2.41. The molecule has 1 aliphatic heterocycles. The standard InChI is InChI=1S/C20H25BO4/c1-19(2)20(3,4)25-21(24-19)16-9-7-8-14(12-16)15-10-11-17(22-5)18(13-15)23-6/h7-13H,1-6H3. The van der Waals surface area contributed by atoms with Crippen molar-refractivity contribution in [1.29, 1.82) is 0 Å². The minimum Gasteiger partial charge on any atom is -0.493 e. The SMILES string of the molecule is COc1ccc(-c2cccc(B3OC(C)(C)C(C)(C)O3)c2)cc1OC. The molecule has 0 amide bonds. The Labute approximate surface area is 150 Å². The second-order valence-corrected chi connectivity index (χ2v) is 7.28. The highest BCUT2D eigenvalue weighted by molar-refractivity contribution is 6.62. The molecule has 0 atom stereocenters. The maximum Gasteiger partial charge on any atom is 0.494 e. The summed E-state index contributed by atoms with van der Waals surface area (Å²) in [5.41, 5.74) is 2.43. The summed E-state index contributed by atoms with van der Waals surface area (Å²) in [6, 6.07) is 14.1. The van der Waals surface area contributed by atoms with E-state index in [2.05, 4.69) is 39.8 Å². The summed E-state index contributed by atoms with van der Waals surface area (Å²) in [7, 11) is 2.91. The van der Waals surface area contributed by atoms with Gasteiger partial charge in [-0.15, -0.1) is 0 Å². The third-order valence-corrected chi connectivity index (χ3v) is 5.13. The van der Waals surface area contributed by atoms with Crippen LogP contribution in [-0.2, 0) is 9.31 Å². The van der Waals surface area contributed by atoms with Gasteiger partial charge in [0.05, 0.1) is 25.4 Å². The molecule has 25 heavy (non-hydrogen) atoms. The van der Waals surface area contributed by atoms with Crippen molar-refractivity contribution in [3.63, 3.8) is 0 Å². The van der Waals surface area contributed by atoms with Gasteiger partial charge < -0.3 is 18.8 Å². The minimum absolute atomic E-state index is 0.350. The highest BCUT2D eigenvalue weighted by Gasteiger charge is 2.51. The van der Waals surface area contributed by atoms with Crippen molar-refractivity contribution in [2.75, 3.05) is 14.2 Å². The van der Waals surface area contributed by atoms with Crippen molar-refractivity contribution in [3.05, 3.63) is 42.5 Å². The first-order chi connectivity index (χ1) is 11.8. The Balaban J connectivity index is 1.93. The first-order valence-electron chi connectivity index (χ1n) is 8.45. The molecular formula is C20H25BO4. The Hall–Kier alpha value is -1.98. The molecule has 1 fully saturated rings. The molecular weight excluding hydrogens is 315 g/mol. The van der Waals surface area contributed by atoms with Crippen molar-refractivity contribution in [2.45, 2.75) is 38.9 Å². The zero-order chi connectivity index (χ0) is 18.2. The van der Waals surface area contributed by atoms with Gasteiger partial charge in [0.15, 0.2) is 11.5 Å². The van der Waals surface area contributed by atoms with E-state index >= 15 is 0 Å². The normalized spacial score (nSPS) is 18.2. The van der Waals surface area contributed by atoms with E-state index in [-0.39, 0.29) is 18.3 Å². The van der Waals surface area contributed by atoms with Crippen molar-refractivity contribution in [2.24, 2.45) is 0 Å². The molecule has 2 aromatic rings. The quantitative estimate of drug-likeness (QED) is 0.796. The van der Waals surface area contributed by atoms with Gasteiger partial charge in [-0.05, 0) is 56.4 Å². The highest BCUT2D eigenvalue weighted by atomic mass is 16.7. The molecule has 0 aliphatic carbocycles. The molecule has 4 nitrogen and oxygen atoms in total. The van der Waals surface area contributed by atoms with Gasteiger partial charge in [0.1, 0.15) is 0 Å². The van der Waals surface area contributed by atoms with Gasteiger partial charge >= 0.3 is 7.12 Å². The number of hydrogen-bond donors (Lipinski definition) is 0. The maximum absolute atomic E-state index is 6.16. The van der Waals surface area contributed by atoms with Crippen LogP contribution in [0.2, 0.25) is 0 Å². The Kier molecular flexibility index (Phi) is 4.56. The Bertz CT molecular complexity index is 754. The fourth-order valence-electron chi connectivity index (χ4n) is 2.86. The molecule has 0 unspecified atom stereocenters. The van der Waals surface area contributed by atoms with Gasteiger partial charge in [-0.25, -0.2) is 0 Å². The lowest BCUT2D eigenvalue weighted by atomic mass is 9.78. The lowest BCUT2D eigenvalue weighted by Gasteiger charge is -2.32. The maximum atomic E-state index is 6.16. The van der Waals surface area contributed by atoms with Crippen molar-refractivity contribution < 1.29 is 18.8 Å². The first-order valence-corrected chi connectivity index (χ1v) is 8.45. The summed E-state index contributed by atoms with van der Waals surface area (Å²) in [5, 5.41) is 0. The van der Waals surface area contributed by atoms with Crippen LogP contribution in [-0.4, -0.2) is 32.5 Å². The third-order valence-electron chi connectivity index (χ3n) is 5.13. The summed E-state index contributed by atoms with van der Waals surface area (Å²) in [6.45, 7) is 8.24. The molecule has 0 spiro atoms. The van der Waals surface area contributed by atoms with E-state index in [4.69, 9.17) is 18.8 Å². The summed E-state index contributed by atoms with van der Waals surface area (Å²) < 4.78 is 23.0. The number of hydrogen-bond acceptors (Lipinski definition) is 4. The third kappa shape index (κ3) is 3.26. The predicted octanol–water partition coefficient (Wildman–Crippen LogP) is 3.67. The molecule has 5 heteroatoms. The molecule has 0 bridgehead atoms. The van der Waals surface area contributed by atoms with Crippen LogP contribution in [0, 0.1) is 0 Å². The second-order valence-electron chi connectivity index (χ2n) is 7.28. The number of ether oxygens (including phenoxy) is 2. The van der Waals surface area contributed by atoms with Gasteiger partial charge in [0.2, 0.25) is 0 Å². The molecule has 132 valence electrons. The average Bonchev–Trinajstić information content (AvgIpc) is 2.82. The van der Waals surface area contributed by atoms with E-state index in [0.717, 1.165) is 16.6 Å². The fourth-order valence-corrected chi connectivity index (χ4v) is 2.86. The summed E-state index contributed by atoms with van der Waals surface area (Å²) in [5.74, 6) is 1.43. The van der Waals surface area contributed by atoms with Crippen LogP contribution >= 0.6 is 0 Å². The van der Waals surface area contributed by atoms with Crippen LogP contribution < -0.4 is 14.9 Å². The second kappa shape index (κ2) is 6.39. The summed E-state index contributed by atoms with van der Waals surface area (Å²) >= 11 is 0. The zero-order valence-electron chi connectivity index (χ0n) is 15.8. The van der Waals surface area contributed by atoms with Crippen LogP contribution in [0.5, 0.6) is 11.5 Å². The van der Waals surface area contributed by atoms with Gasteiger partial charge in [-0.3, -0.25) is 0 Å². The Morgan fingerprint density at radius 1 is 0.760 bits per heavy atom. The van der Waals surface area contributed by atoms with E-state index < -0.39 is 0 Å². The molecule has 2 aromatic carbocycles. The topological polar surface area (TPSA) is 36.9 Å². The molecule has 0 radical (unpaired) electrons. The van der Waals surface area contributed by atoms with Crippen LogP contribution in [0.15, 0.2) is 42.5 Å². The average molecular weight is 340 g/mol. The number of methoxy groups -OCH3 is 2. The van der Waals surface area contributed by atoms with Crippen molar-refractivity contribution >= 4 is 12.6 Å². The van der Waals surface area contributed by atoms with Gasteiger partial charge in [0, 0.05) is 0 Å². The van der Waals surface area contributed by atoms with E-state index in [9.17, 15) is 0 Å². The fraction of sp³-hybridized carbons (Fsp3) is 0.400. The van der Waals surface area contributed by atoms with Crippen LogP contribution in [0.4, 0.5) is 0 Å². The van der Waals surface area contributed by atoms with E-state index in [1.807, 2.05) is 30.3 Å². The van der Waals surface area contributed by atoms with E-state index in [0.29, 0.717) is 11.5 Å². The number of benzene rings is 2. The van der Waals surface area contributed by atoms with E-state index in [1.54, 1.807) is 14.2 Å². The molecule has 1 heterocycles. The highest BCUT2D eigenvalue weighted by Crippen LogP contribution is 2.37. The Morgan fingerprint density at radius 3 is 1.96 bits per heavy atom. The smallest absolute Gasteiger partial charge is 0.493 e. The van der Waals surface area contributed by atoms with Gasteiger partial charge in [0.25, 0.3) is 0 Å². The monoisotopic (exact) mass is 340 g/mol. The van der Waals surface area contributed by atoms with Crippen LogP contribution in [0.3, 0.4) is 0 Å². The predicted molar refractivity (Wildman–Crippen MR) is 101 cm³/mol. The molecule has 0 saturated carbocycles. The molecule has 3 rings (SSSR count). The first kappa shape index (κ1) is 17.8. The molecule has 1 aliphatic rings. The molecule has 1 saturated heterocycles. The summed E-state index contributed by atoms with van der Waals surface area (Å²) in [4.78, 5) is 0. The van der Waals surface area contributed by atoms with Crippen molar-refractivity contribution in [1.82, 2.24) is 0 Å². The van der Waals surface area contributed by atoms with Crippen LogP contribution in [0.25, 0.3) is 11.1 Å². The van der Waals surface area contributed by atoms with Crippen LogP contribution in [0.1, 0.15) is 27.7 Å². The number of rotatable bonds is 4. The summed E-state index contributed by atoms with van der Waals surface area (Å²) in [6.07, 6.45) is 0. The van der Waals surface area contributed by atoms with Gasteiger partial charge in [-0.1, -0.05) is 30.3 Å². The largest absolute Gasteiger partial charge is 0.494 e. The molecule has 0 aromatic heterocycles. The van der Waals surface area contributed by atoms with Gasteiger partial charge in [-0.2, -0.15) is 0 Å². The van der Waals surface area contributed by atoms with E-state index in [1.165, 1.54) is 0 Å². The van der Waals surface area contributed by atoms with Crippen molar-refractivity contribution in [3.8, 4) is 22.6 Å². The molecule has 0 N–H and O–H groups in total. The Morgan fingerprint density at radius 2 is 1.36 bits per heavy atom.